The molecule has 0 aliphatic heterocycles. The molecule has 0 spiro atoms. The molecule has 0 N–H and O–H groups in total. The third-order valence-electron chi connectivity index (χ3n) is 5.88. The van der Waals surface area contributed by atoms with Crippen LogP contribution in [0, 0.1) is 5.82 Å². The van der Waals surface area contributed by atoms with Crippen LogP contribution in [0.25, 0.3) is 17.1 Å². The smallest absolute Gasteiger partial charge is 0.144 e. The Hall–Kier alpha value is -2.17. The first-order valence-corrected chi connectivity index (χ1v) is 10.8. The molecule has 1 aliphatic rings. The summed E-state index contributed by atoms with van der Waals surface area (Å²) in [5.41, 5.74) is 2.93. The highest BCUT2D eigenvalue weighted by Crippen LogP contribution is 2.26. The Morgan fingerprint density at radius 3 is 2.41 bits per heavy atom. The predicted octanol–water partition coefficient (Wildman–Crippen LogP) is 6.14. The van der Waals surface area contributed by atoms with E-state index in [1.54, 1.807) is 12.1 Å². The van der Waals surface area contributed by atoms with Crippen LogP contribution in [0.15, 0.2) is 54.7 Å². The van der Waals surface area contributed by atoms with Gasteiger partial charge in [-0.25, -0.2) is 9.37 Å². The normalized spacial score (nSPS) is 15.2. The second kappa shape index (κ2) is 9.10. The zero-order valence-electron chi connectivity index (χ0n) is 16.8. The average molecular weight is 412 g/mol. The molecule has 4 rings (SSSR count). The molecule has 0 amide bonds. The number of hydrogen-bond donors (Lipinski definition) is 0. The molecule has 0 unspecified atom stereocenters. The summed E-state index contributed by atoms with van der Waals surface area (Å²) in [5, 5.41) is 0.700. The van der Waals surface area contributed by atoms with Gasteiger partial charge in [0, 0.05) is 41.5 Å². The molecule has 0 atom stereocenters. The first-order valence-electron chi connectivity index (χ1n) is 10.4. The first-order chi connectivity index (χ1) is 14.1. The number of imidazole rings is 1. The molecule has 1 fully saturated rings. The van der Waals surface area contributed by atoms with Crippen molar-refractivity contribution in [3.63, 3.8) is 0 Å². The van der Waals surface area contributed by atoms with E-state index >= 15 is 0 Å². The quantitative estimate of drug-likeness (QED) is 0.485. The van der Waals surface area contributed by atoms with E-state index < -0.39 is 0 Å². The van der Waals surface area contributed by atoms with Crippen molar-refractivity contribution in [2.45, 2.75) is 44.6 Å². The molecule has 1 aliphatic carbocycles. The van der Waals surface area contributed by atoms with Crippen molar-refractivity contribution >= 4 is 11.6 Å². The number of halogens is 2. The molecule has 1 aromatic heterocycles. The molecule has 29 heavy (non-hydrogen) atoms. The summed E-state index contributed by atoms with van der Waals surface area (Å²) in [6.07, 6.45) is 9.65. The minimum Gasteiger partial charge on any atom is -0.303 e. The number of benzene rings is 2. The number of nitrogens with zero attached hydrogens (tertiary/aromatic N) is 3. The Morgan fingerprint density at radius 2 is 1.72 bits per heavy atom. The molecule has 1 saturated carbocycles. The minimum absolute atomic E-state index is 0.243. The van der Waals surface area contributed by atoms with E-state index in [-0.39, 0.29) is 5.82 Å². The number of hydrogen-bond acceptors (Lipinski definition) is 2. The van der Waals surface area contributed by atoms with Gasteiger partial charge in [-0.05, 0) is 68.4 Å². The van der Waals surface area contributed by atoms with E-state index in [2.05, 4.69) is 22.7 Å². The number of likely N-dealkylation sites (N-methyl/N-ethyl adjacent to an activating group) is 1. The molecule has 3 nitrogen and oxygen atoms in total. The molecule has 152 valence electrons. The fraction of sp³-hybridized carbons (Fsp3) is 0.375. The highest BCUT2D eigenvalue weighted by atomic mass is 35.5. The van der Waals surface area contributed by atoms with E-state index in [1.807, 2.05) is 24.3 Å². The zero-order valence-corrected chi connectivity index (χ0v) is 17.6. The van der Waals surface area contributed by atoms with Gasteiger partial charge in [-0.3, -0.25) is 4.57 Å². The molecule has 0 saturated heterocycles. The van der Waals surface area contributed by atoms with Gasteiger partial charge in [0.25, 0.3) is 0 Å². The summed E-state index contributed by atoms with van der Waals surface area (Å²) in [6.45, 7) is 0.991. The lowest BCUT2D eigenvalue weighted by Crippen LogP contribution is -2.34. The van der Waals surface area contributed by atoms with Gasteiger partial charge in [-0.2, -0.15) is 0 Å². The van der Waals surface area contributed by atoms with Crippen molar-refractivity contribution in [1.82, 2.24) is 14.5 Å². The molecule has 5 heteroatoms. The van der Waals surface area contributed by atoms with E-state index in [0.717, 1.165) is 35.7 Å². The summed E-state index contributed by atoms with van der Waals surface area (Å²) in [6, 6.07) is 14.9. The van der Waals surface area contributed by atoms with Crippen molar-refractivity contribution in [2.75, 3.05) is 13.6 Å². The molecular formula is C24H27ClFN3. The van der Waals surface area contributed by atoms with Gasteiger partial charge in [0.15, 0.2) is 0 Å². The summed E-state index contributed by atoms with van der Waals surface area (Å²) in [7, 11) is 2.23. The Morgan fingerprint density at radius 1 is 1.03 bits per heavy atom. The van der Waals surface area contributed by atoms with Crippen molar-refractivity contribution in [3.8, 4) is 17.1 Å². The maximum absolute atomic E-state index is 13.4. The van der Waals surface area contributed by atoms with Crippen LogP contribution in [0.1, 0.15) is 37.8 Å². The lowest BCUT2D eigenvalue weighted by molar-refractivity contribution is 0.193. The maximum atomic E-state index is 13.4. The van der Waals surface area contributed by atoms with Gasteiger partial charge in [-0.1, -0.05) is 30.9 Å². The van der Waals surface area contributed by atoms with Gasteiger partial charge in [0.1, 0.15) is 11.6 Å². The second-order valence-corrected chi connectivity index (χ2v) is 8.37. The fourth-order valence-electron chi connectivity index (χ4n) is 4.15. The van der Waals surface area contributed by atoms with E-state index in [9.17, 15) is 4.39 Å². The monoisotopic (exact) mass is 411 g/mol. The Balaban J connectivity index is 1.58. The van der Waals surface area contributed by atoms with E-state index in [1.165, 1.54) is 44.2 Å². The molecular weight excluding hydrogens is 385 g/mol. The van der Waals surface area contributed by atoms with Crippen LogP contribution in [0.3, 0.4) is 0 Å². The lowest BCUT2D eigenvalue weighted by Gasteiger charge is -2.30. The summed E-state index contributed by atoms with van der Waals surface area (Å²) in [5.74, 6) is 0.579. The highest BCUT2D eigenvalue weighted by Gasteiger charge is 2.19. The van der Waals surface area contributed by atoms with Crippen LogP contribution in [0.5, 0.6) is 0 Å². The van der Waals surface area contributed by atoms with Crippen LogP contribution >= 0.6 is 11.6 Å². The second-order valence-electron chi connectivity index (χ2n) is 7.93. The van der Waals surface area contributed by atoms with Crippen LogP contribution in [0.2, 0.25) is 5.02 Å². The largest absolute Gasteiger partial charge is 0.303 e. The minimum atomic E-state index is -0.243. The molecule has 0 bridgehead atoms. The summed E-state index contributed by atoms with van der Waals surface area (Å²) >= 11 is 6.06. The topological polar surface area (TPSA) is 21.1 Å². The molecule has 1 heterocycles. The van der Waals surface area contributed by atoms with Gasteiger partial charge in [0.2, 0.25) is 0 Å². The van der Waals surface area contributed by atoms with Gasteiger partial charge < -0.3 is 4.90 Å². The van der Waals surface area contributed by atoms with Gasteiger partial charge >= 0.3 is 0 Å². The number of rotatable bonds is 6. The van der Waals surface area contributed by atoms with Crippen molar-refractivity contribution in [3.05, 3.63) is 71.3 Å². The SMILES string of the molecule is CN(CCc1cn(-c2ccc(Cl)cc2)c(-c2ccc(F)cc2)n1)C1CCCCC1. The van der Waals surface area contributed by atoms with Crippen LogP contribution in [0.4, 0.5) is 4.39 Å². The predicted molar refractivity (Wildman–Crippen MR) is 117 cm³/mol. The molecule has 0 radical (unpaired) electrons. The Labute approximate surface area is 177 Å². The fourth-order valence-corrected chi connectivity index (χ4v) is 4.27. The van der Waals surface area contributed by atoms with Crippen molar-refractivity contribution < 1.29 is 4.39 Å². The summed E-state index contributed by atoms with van der Waals surface area (Å²) in [4.78, 5) is 7.39. The Bertz CT molecular complexity index is 865. The van der Waals surface area contributed by atoms with Gasteiger partial charge in [0.05, 0.1) is 5.69 Å². The Kier molecular flexibility index (Phi) is 6.31. The van der Waals surface area contributed by atoms with E-state index in [4.69, 9.17) is 16.6 Å². The third-order valence-corrected chi connectivity index (χ3v) is 6.13. The first kappa shape index (κ1) is 20.1. The number of aromatic nitrogens is 2. The third kappa shape index (κ3) is 4.88. The maximum Gasteiger partial charge on any atom is 0.144 e. The summed E-state index contributed by atoms with van der Waals surface area (Å²) < 4.78 is 15.5. The highest BCUT2D eigenvalue weighted by molar-refractivity contribution is 6.30. The van der Waals surface area contributed by atoms with Gasteiger partial charge in [-0.15, -0.1) is 0 Å². The van der Waals surface area contributed by atoms with Crippen LogP contribution in [-0.2, 0) is 6.42 Å². The standard InChI is InChI=1S/C24H27ClFN3/c1-28(22-5-3-2-4-6-22)16-15-21-17-29(23-13-9-19(25)10-14-23)24(27-21)18-7-11-20(26)12-8-18/h7-14,17,22H,2-6,15-16H2,1H3. The molecule has 2 aromatic carbocycles. The van der Waals surface area contributed by atoms with Crippen molar-refractivity contribution in [2.24, 2.45) is 0 Å². The van der Waals surface area contributed by atoms with Crippen LogP contribution in [-0.4, -0.2) is 34.1 Å². The zero-order chi connectivity index (χ0) is 20.2. The lowest BCUT2D eigenvalue weighted by atomic mass is 9.94. The van der Waals surface area contributed by atoms with E-state index in [0.29, 0.717) is 11.1 Å². The van der Waals surface area contributed by atoms with Crippen molar-refractivity contribution in [1.29, 1.82) is 0 Å². The average Bonchev–Trinajstić information content (AvgIpc) is 3.18. The molecule has 3 aromatic rings. The van der Waals surface area contributed by atoms with Crippen LogP contribution < -0.4 is 0 Å².